The number of halogens is 1. The molecule has 0 radical (unpaired) electrons. The molecule has 0 N–H and O–H groups in total. The minimum atomic E-state index is -1.22. The molecule has 0 bridgehead atoms. The van der Waals surface area contributed by atoms with Crippen molar-refractivity contribution in [2.75, 3.05) is 38.0 Å². The molecule has 0 aliphatic rings. The van der Waals surface area contributed by atoms with Gasteiger partial charge in [0.2, 0.25) is 0 Å². The summed E-state index contributed by atoms with van der Waals surface area (Å²) in [6, 6.07) is 51.2. The topological polar surface area (TPSA) is 63.1 Å². The number of benzene rings is 4. The lowest BCUT2D eigenvalue weighted by Gasteiger charge is -2.44. The minimum Gasteiger partial charge on any atom is -0.844 e. The van der Waals surface area contributed by atoms with Gasteiger partial charge in [0.1, 0.15) is 12.0 Å². The number of aromatic nitrogens is 4. The Labute approximate surface area is 305 Å². The first-order valence-corrected chi connectivity index (χ1v) is 17.2. The molecule has 0 spiro atoms. The van der Waals surface area contributed by atoms with Gasteiger partial charge in [0.15, 0.2) is 5.02 Å². The van der Waals surface area contributed by atoms with Gasteiger partial charge in [-0.05, 0) is 12.1 Å². The molecule has 7 rings (SSSR count). The van der Waals surface area contributed by atoms with E-state index in [1.54, 1.807) is 9.13 Å². The van der Waals surface area contributed by atoms with Gasteiger partial charge in [-0.3, -0.25) is 0 Å². The molecule has 0 aliphatic carbocycles. The summed E-state index contributed by atoms with van der Waals surface area (Å²) in [7, 11) is 7.83. The van der Waals surface area contributed by atoms with Crippen LogP contribution in [-0.2, 0) is 0 Å². The van der Waals surface area contributed by atoms with Gasteiger partial charge in [-0.1, -0.05) is 138 Å². The smallest absolute Gasteiger partial charge is 0.476 e. The summed E-state index contributed by atoms with van der Waals surface area (Å²) in [5.74, 6) is 0.0973. The van der Waals surface area contributed by atoms with Gasteiger partial charge in [0.25, 0.3) is 0 Å². The van der Waals surface area contributed by atoms with Crippen LogP contribution >= 0.6 is 11.6 Å². The normalized spacial score (nSPS) is 10.9. The molecule has 0 atom stereocenters. The van der Waals surface area contributed by atoms with E-state index in [0.717, 1.165) is 11.4 Å². The van der Waals surface area contributed by atoms with Crippen LogP contribution in [0.5, 0.6) is 5.88 Å². The maximum Gasteiger partial charge on any atom is 0.476 e. The molecule has 0 unspecified atom stereocenters. The SMILES string of the molecule is CN(C)c1cc[n+](-c2nc([O-])c(Cl)c(-[n+]3ccc(N(C)C)cc3)n2)cc1.c1ccc([B-](c2ccccc2)(c2ccccc2)c2ccccc2)cc1. The fraction of sp³-hybridized carbons (Fsp3) is 0.0952. The van der Waals surface area contributed by atoms with E-state index >= 15 is 0 Å². The van der Waals surface area contributed by atoms with Gasteiger partial charge in [-0.25, -0.2) is 4.57 Å². The Morgan fingerprint density at radius 2 is 0.824 bits per heavy atom. The van der Waals surface area contributed by atoms with E-state index in [9.17, 15) is 5.11 Å². The van der Waals surface area contributed by atoms with Gasteiger partial charge in [0.05, 0.1) is 24.8 Å². The van der Waals surface area contributed by atoms with E-state index in [0.29, 0.717) is 5.82 Å². The van der Waals surface area contributed by atoms with Crippen LogP contribution in [-0.4, -0.2) is 44.3 Å². The predicted octanol–water partition coefficient (Wildman–Crippen LogP) is 3.95. The van der Waals surface area contributed by atoms with Crippen LogP contribution in [0.3, 0.4) is 0 Å². The van der Waals surface area contributed by atoms with Crippen LogP contribution in [0.15, 0.2) is 170 Å². The lowest BCUT2D eigenvalue weighted by molar-refractivity contribution is -0.614. The summed E-state index contributed by atoms with van der Waals surface area (Å²) < 4.78 is 3.39. The molecule has 4 aromatic carbocycles. The Kier molecular flexibility index (Phi) is 10.7. The van der Waals surface area contributed by atoms with Crippen molar-refractivity contribution >= 4 is 51.0 Å². The van der Waals surface area contributed by atoms with E-state index in [1.165, 1.54) is 21.9 Å². The largest absolute Gasteiger partial charge is 0.844 e. The van der Waals surface area contributed by atoms with Crippen LogP contribution in [0.1, 0.15) is 0 Å². The molecule has 254 valence electrons. The average Bonchev–Trinajstić information content (AvgIpc) is 3.18. The maximum absolute atomic E-state index is 12.2. The zero-order valence-electron chi connectivity index (χ0n) is 29.2. The second-order valence-electron chi connectivity index (χ2n) is 12.7. The summed E-state index contributed by atoms with van der Waals surface area (Å²) in [6.07, 6.45) is 6.02. The molecule has 3 aromatic heterocycles. The lowest BCUT2D eigenvalue weighted by atomic mass is 9.13. The van der Waals surface area contributed by atoms with E-state index < -0.39 is 12.0 Å². The zero-order chi connectivity index (χ0) is 35.8. The van der Waals surface area contributed by atoms with Crippen LogP contribution in [0.25, 0.3) is 11.8 Å². The Morgan fingerprint density at radius 1 is 0.490 bits per heavy atom. The summed E-state index contributed by atoms with van der Waals surface area (Å²) in [5.41, 5.74) is 7.42. The minimum absolute atomic E-state index is 0.0122. The first kappa shape index (κ1) is 34.9. The van der Waals surface area contributed by atoms with E-state index in [2.05, 4.69) is 131 Å². The fourth-order valence-electron chi connectivity index (χ4n) is 6.52. The highest BCUT2D eigenvalue weighted by Crippen LogP contribution is 2.22. The van der Waals surface area contributed by atoms with Gasteiger partial charge >= 0.3 is 11.8 Å². The van der Waals surface area contributed by atoms with Crippen LogP contribution in [0.2, 0.25) is 5.02 Å². The van der Waals surface area contributed by atoms with Crippen molar-refractivity contribution in [1.29, 1.82) is 0 Å². The number of rotatable bonds is 8. The molecule has 9 heteroatoms. The third-order valence-electron chi connectivity index (χ3n) is 9.12. The van der Waals surface area contributed by atoms with Gasteiger partial charge in [-0.2, -0.15) is 26.4 Å². The van der Waals surface area contributed by atoms with E-state index in [4.69, 9.17) is 11.6 Å². The monoisotopic (exact) mass is 690 g/mol. The first-order valence-electron chi connectivity index (χ1n) is 16.8. The third-order valence-corrected chi connectivity index (χ3v) is 9.45. The van der Waals surface area contributed by atoms with Crippen molar-refractivity contribution < 1.29 is 14.2 Å². The standard InChI is InChI=1S/C24H20B.C18H20ClN6O/c1-5-13-21(14-6-1)25(22-15-7-2-8-16-22,23-17-9-3-10-18-23)24-19-11-4-12-20-24;1-22(2)13-5-9-24(10-6-13)16-15(19)17(26)21-18(20-16)25-11-7-14(8-12-25)23(3)4/h1-20H;5-12H,1-4H3/q-1;+1. The first-order chi connectivity index (χ1) is 24.8. The summed E-state index contributed by atoms with van der Waals surface area (Å²) >= 11 is 6.17. The molecular formula is C42H40BClN6O. The molecular weight excluding hydrogens is 651 g/mol. The Hall–Kier alpha value is -5.99. The zero-order valence-corrected chi connectivity index (χ0v) is 30.0. The Morgan fingerprint density at radius 3 is 1.16 bits per heavy atom. The van der Waals surface area contributed by atoms with E-state index in [1.807, 2.05) is 87.0 Å². The maximum atomic E-state index is 12.2. The molecule has 0 amide bonds. The third kappa shape index (κ3) is 7.47. The van der Waals surface area contributed by atoms with Crippen molar-refractivity contribution in [3.63, 3.8) is 0 Å². The highest BCUT2D eigenvalue weighted by atomic mass is 35.5. The Balaban J connectivity index is 0.000000176. The molecule has 3 heterocycles. The van der Waals surface area contributed by atoms with Crippen molar-refractivity contribution in [3.8, 4) is 17.6 Å². The predicted molar refractivity (Wildman–Crippen MR) is 208 cm³/mol. The van der Waals surface area contributed by atoms with Gasteiger partial charge in [-0.15, -0.1) is 0 Å². The van der Waals surface area contributed by atoms with Crippen molar-refractivity contribution in [2.45, 2.75) is 0 Å². The van der Waals surface area contributed by atoms with Gasteiger partial charge in [0, 0.05) is 56.7 Å². The van der Waals surface area contributed by atoms with Crippen molar-refractivity contribution in [3.05, 3.63) is 175 Å². The number of anilines is 2. The van der Waals surface area contributed by atoms with Crippen LogP contribution in [0, 0.1) is 0 Å². The van der Waals surface area contributed by atoms with Crippen LogP contribution < -0.4 is 45.9 Å². The number of nitrogens with zero attached hydrogens (tertiary/aromatic N) is 6. The number of pyridine rings is 2. The average molecular weight is 691 g/mol. The Bertz CT molecular complexity index is 1990. The summed E-state index contributed by atoms with van der Waals surface area (Å²) in [6.45, 7) is 0. The van der Waals surface area contributed by atoms with Crippen molar-refractivity contribution in [2.24, 2.45) is 0 Å². The highest BCUT2D eigenvalue weighted by molar-refractivity contribution is 7.19. The summed E-state index contributed by atoms with van der Waals surface area (Å²) in [4.78, 5) is 12.4. The van der Waals surface area contributed by atoms with Crippen molar-refractivity contribution in [1.82, 2.24) is 9.97 Å². The molecule has 0 fully saturated rings. The molecule has 51 heavy (non-hydrogen) atoms. The molecule has 7 aromatic rings. The van der Waals surface area contributed by atoms with Crippen LogP contribution in [0.4, 0.5) is 11.4 Å². The second kappa shape index (κ2) is 15.7. The summed E-state index contributed by atoms with van der Waals surface area (Å²) in [5, 5.41) is 12.2. The number of hydrogen-bond donors (Lipinski definition) is 0. The lowest BCUT2D eigenvalue weighted by Crippen LogP contribution is -2.74. The molecule has 0 aliphatic heterocycles. The quantitative estimate of drug-likeness (QED) is 0.179. The highest BCUT2D eigenvalue weighted by Gasteiger charge is 2.31. The van der Waals surface area contributed by atoms with E-state index in [-0.39, 0.29) is 11.0 Å². The molecule has 0 saturated carbocycles. The fourth-order valence-corrected chi connectivity index (χ4v) is 6.70. The molecule has 0 saturated heterocycles. The van der Waals surface area contributed by atoms with Gasteiger partial charge < -0.3 is 14.9 Å². The molecule has 7 nitrogen and oxygen atoms in total. The second-order valence-corrected chi connectivity index (χ2v) is 13.1. The number of hydrogen-bond acceptors (Lipinski definition) is 5.